The molecule has 1 atom stereocenters. The van der Waals surface area contributed by atoms with Gasteiger partial charge in [0.05, 0.1) is 16.7 Å². The number of aromatic amines is 2. The van der Waals surface area contributed by atoms with E-state index in [4.69, 9.17) is 10.1 Å². The Balaban J connectivity index is 1.58. The Bertz CT molecular complexity index is 1070. The maximum atomic E-state index is 12.5. The van der Waals surface area contributed by atoms with E-state index in [2.05, 4.69) is 42.1 Å². The summed E-state index contributed by atoms with van der Waals surface area (Å²) in [5.74, 6) is -0.789. The highest BCUT2D eigenvalue weighted by Crippen LogP contribution is 2.37. The molecule has 7 heteroatoms. The third-order valence-corrected chi connectivity index (χ3v) is 5.61. The smallest absolute Gasteiger partial charge is 0.352 e. The van der Waals surface area contributed by atoms with Crippen molar-refractivity contribution in [2.24, 2.45) is 11.3 Å². The minimum absolute atomic E-state index is 0.0229. The number of aryl methyl sites for hydroxylation is 1. The van der Waals surface area contributed by atoms with Crippen molar-refractivity contribution in [1.29, 1.82) is 0 Å². The largest absolute Gasteiger partial charge is 0.477 e. The molecule has 3 heterocycles. The molecule has 7 nitrogen and oxygen atoms in total. The highest BCUT2D eigenvalue weighted by atomic mass is 16.4. The second kappa shape index (κ2) is 6.51. The zero-order chi connectivity index (χ0) is 20.1. The van der Waals surface area contributed by atoms with Gasteiger partial charge in [0, 0.05) is 11.9 Å². The van der Waals surface area contributed by atoms with Crippen molar-refractivity contribution in [2.75, 3.05) is 5.32 Å². The molecule has 1 aliphatic carbocycles. The van der Waals surface area contributed by atoms with Crippen molar-refractivity contribution in [3.8, 4) is 0 Å². The van der Waals surface area contributed by atoms with E-state index in [9.17, 15) is 9.59 Å². The number of H-pyrrole nitrogens is 2. The number of hydrogen-bond acceptors (Lipinski definition) is 3. The van der Waals surface area contributed by atoms with Crippen LogP contribution in [0.15, 0.2) is 24.4 Å². The lowest BCUT2D eigenvalue weighted by Crippen LogP contribution is -2.27. The maximum absolute atomic E-state index is 12.5. The summed E-state index contributed by atoms with van der Waals surface area (Å²) < 4.78 is 0. The number of nitrogens with one attached hydrogen (secondary N) is 3. The molecule has 0 saturated carbocycles. The lowest BCUT2D eigenvalue weighted by Gasteiger charge is -2.34. The summed E-state index contributed by atoms with van der Waals surface area (Å²) >= 11 is 0. The number of aromatic carboxylic acids is 1. The van der Waals surface area contributed by atoms with Crippen molar-refractivity contribution in [1.82, 2.24) is 15.0 Å². The summed E-state index contributed by atoms with van der Waals surface area (Å²) in [6, 6.07) is 5.24. The van der Waals surface area contributed by atoms with Gasteiger partial charge in [0.2, 0.25) is 0 Å². The van der Waals surface area contributed by atoms with Crippen LogP contribution in [0.2, 0.25) is 0 Å². The van der Waals surface area contributed by atoms with Crippen LogP contribution in [0.3, 0.4) is 0 Å². The van der Waals surface area contributed by atoms with Crippen LogP contribution in [-0.4, -0.2) is 31.9 Å². The van der Waals surface area contributed by atoms with Crippen LogP contribution in [0.4, 0.5) is 5.69 Å². The lowest BCUT2D eigenvalue weighted by molar-refractivity contribution is 0.0691. The number of carboxylic acids is 1. The topological polar surface area (TPSA) is 111 Å². The number of fused-ring (bicyclic) bond motifs is 2. The van der Waals surface area contributed by atoms with Crippen molar-refractivity contribution < 1.29 is 14.7 Å². The summed E-state index contributed by atoms with van der Waals surface area (Å²) in [6.07, 6.45) is 4.55. The Kier molecular flexibility index (Phi) is 4.25. The quantitative estimate of drug-likeness (QED) is 0.550. The zero-order valence-corrected chi connectivity index (χ0v) is 16.2. The normalized spacial score (nSPS) is 16.8. The first-order valence-electron chi connectivity index (χ1n) is 9.45. The molecule has 0 saturated heterocycles. The third-order valence-electron chi connectivity index (χ3n) is 5.61. The van der Waals surface area contributed by atoms with Crippen molar-refractivity contribution in [3.05, 3.63) is 47.0 Å². The van der Waals surface area contributed by atoms with Gasteiger partial charge in [-0.25, -0.2) is 4.79 Å². The second-order valence-corrected chi connectivity index (χ2v) is 8.58. The predicted molar refractivity (Wildman–Crippen MR) is 107 cm³/mol. The summed E-state index contributed by atoms with van der Waals surface area (Å²) in [5.41, 5.74) is 5.09. The Morgan fingerprint density at radius 1 is 1.21 bits per heavy atom. The van der Waals surface area contributed by atoms with Gasteiger partial charge in [0.15, 0.2) is 0 Å². The SMILES string of the molecule is CC(C)(C)C1CCc2nc3cc(C(=O)Nc4c[nH]c(C(=O)O)c4)[nH]c3cc2C1. The van der Waals surface area contributed by atoms with E-state index in [-0.39, 0.29) is 17.0 Å². The van der Waals surface area contributed by atoms with Gasteiger partial charge in [-0.15, -0.1) is 0 Å². The number of aromatic nitrogens is 3. The minimum atomic E-state index is -1.07. The molecule has 0 aromatic carbocycles. The molecular formula is C21H24N4O3. The highest BCUT2D eigenvalue weighted by molar-refractivity contribution is 6.06. The molecule has 28 heavy (non-hydrogen) atoms. The van der Waals surface area contributed by atoms with E-state index in [1.54, 1.807) is 6.07 Å². The fraction of sp³-hybridized carbons (Fsp3) is 0.381. The van der Waals surface area contributed by atoms with Crippen LogP contribution in [0.1, 0.15) is 59.4 Å². The molecule has 0 fully saturated rings. The average molecular weight is 380 g/mol. The minimum Gasteiger partial charge on any atom is -0.477 e. The molecule has 0 bridgehead atoms. The number of rotatable bonds is 3. The number of carboxylic acid groups (broad SMARTS) is 1. The molecule has 4 rings (SSSR count). The summed E-state index contributed by atoms with van der Waals surface area (Å²) in [4.78, 5) is 34.0. The molecule has 3 aromatic rings. The van der Waals surface area contributed by atoms with E-state index in [0.717, 1.165) is 36.0 Å². The molecule has 3 aromatic heterocycles. The van der Waals surface area contributed by atoms with E-state index in [1.165, 1.54) is 17.8 Å². The van der Waals surface area contributed by atoms with E-state index >= 15 is 0 Å². The first-order chi connectivity index (χ1) is 13.2. The number of carbonyl (C=O) groups excluding carboxylic acids is 1. The van der Waals surface area contributed by atoms with Gasteiger partial charge in [-0.1, -0.05) is 20.8 Å². The van der Waals surface area contributed by atoms with E-state index < -0.39 is 5.97 Å². The van der Waals surface area contributed by atoms with Gasteiger partial charge < -0.3 is 20.4 Å². The third kappa shape index (κ3) is 3.40. The van der Waals surface area contributed by atoms with Gasteiger partial charge in [-0.2, -0.15) is 0 Å². The molecule has 0 spiro atoms. The fourth-order valence-corrected chi connectivity index (χ4v) is 3.86. The van der Waals surface area contributed by atoms with Gasteiger partial charge in [0.1, 0.15) is 11.4 Å². The Morgan fingerprint density at radius 3 is 2.68 bits per heavy atom. The first-order valence-corrected chi connectivity index (χ1v) is 9.45. The average Bonchev–Trinajstić information content (AvgIpc) is 3.24. The lowest BCUT2D eigenvalue weighted by atomic mass is 9.71. The molecule has 1 amide bonds. The van der Waals surface area contributed by atoms with Crippen LogP contribution in [-0.2, 0) is 12.8 Å². The van der Waals surface area contributed by atoms with E-state index in [1.807, 2.05) is 0 Å². The molecule has 1 aliphatic rings. The van der Waals surface area contributed by atoms with Crippen LogP contribution in [0, 0.1) is 11.3 Å². The molecule has 146 valence electrons. The number of hydrogen-bond donors (Lipinski definition) is 4. The van der Waals surface area contributed by atoms with Crippen molar-refractivity contribution in [2.45, 2.75) is 40.0 Å². The van der Waals surface area contributed by atoms with E-state index in [0.29, 0.717) is 17.3 Å². The number of carbonyl (C=O) groups is 2. The van der Waals surface area contributed by atoms with Gasteiger partial charge in [-0.3, -0.25) is 9.78 Å². The number of amides is 1. The zero-order valence-electron chi connectivity index (χ0n) is 16.2. The van der Waals surface area contributed by atoms with Crippen LogP contribution < -0.4 is 5.32 Å². The predicted octanol–water partition coefficient (Wildman–Crippen LogP) is 3.99. The summed E-state index contributed by atoms with van der Waals surface area (Å²) in [5, 5.41) is 11.7. The van der Waals surface area contributed by atoms with Gasteiger partial charge in [0.25, 0.3) is 5.91 Å². The monoisotopic (exact) mass is 380 g/mol. The Hall–Kier alpha value is -3.09. The van der Waals surface area contributed by atoms with Gasteiger partial charge in [-0.05, 0) is 54.4 Å². The maximum Gasteiger partial charge on any atom is 0.352 e. The van der Waals surface area contributed by atoms with Crippen LogP contribution >= 0.6 is 0 Å². The number of anilines is 1. The standard InChI is InChI=1S/C21H24N4O3/c1-21(2,3)12-4-5-14-11(6-12)7-15-16(24-14)9-17(25-15)19(26)23-13-8-18(20(27)28)22-10-13/h7-10,12,22,25H,4-6H2,1-3H3,(H,23,26)(H,27,28). The Labute approximate surface area is 162 Å². The summed E-state index contributed by atoms with van der Waals surface area (Å²) in [6.45, 7) is 6.84. The summed E-state index contributed by atoms with van der Waals surface area (Å²) in [7, 11) is 0. The number of nitrogens with zero attached hydrogens (tertiary/aromatic N) is 1. The van der Waals surface area contributed by atoms with Crippen LogP contribution in [0.25, 0.3) is 11.0 Å². The Morgan fingerprint density at radius 2 is 2.00 bits per heavy atom. The first kappa shape index (κ1) is 18.3. The molecule has 1 unspecified atom stereocenters. The number of pyridine rings is 1. The van der Waals surface area contributed by atoms with Crippen molar-refractivity contribution in [3.63, 3.8) is 0 Å². The molecule has 0 aliphatic heterocycles. The van der Waals surface area contributed by atoms with Gasteiger partial charge >= 0.3 is 5.97 Å². The fourth-order valence-electron chi connectivity index (χ4n) is 3.86. The van der Waals surface area contributed by atoms with Crippen molar-refractivity contribution >= 4 is 28.6 Å². The molecule has 4 N–H and O–H groups in total. The molecule has 0 radical (unpaired) electrons. The second-order valence-electron chi connectivity index (χ2n) is 8.58. The molecular weight excluding hydrogens is 356 g/mol. The van der Waals surface area contributed by atoms with Crippen LogP contribution in [0.5, 0.6) is 0 Å². The highest BCUT2D eigenvalue weighted by Gasteiger charge is 2.29.